The van der Waals surface area contributed by atoms with Crippen LogP contribution in [0.3, 0.4) is 0 Å². The molecule has 1 amide bonds. The molecule has 0 radical (unpaired) electrons. The van der Waals surface area contributed by atoms with Crippen LogP contribution < -0.4 is 11.1 Å². The summed E-state index contributed by atoms with van der Waals surface area (Å²) < 4.78 is 0. The zero-order valence-corrected chi connectivity index (χ0v) is 12.5. The Morgan fingerprint density at radius 2 is 1.89 bits per heavy atom. The number of rotatable bonds is 2. The Bertz CT molecular complexity index is 467. The minimum atomic E-state index is -0.634. The fourth-order valence-corrected chi connectivity index (χ4v) is 1.83. The molecule has 3 nitrogen and oxygen atoms in total. The van der Waals surface area contributed by atoms with E-state index >= 15 is 0 Å². The molecule has 18 heavy (non-hydrogen) atoms. The van der Waals surface area contributed by atoms with Crippen molar-refractivity contribution in [2.75, 3.05) is 5.32 Å². The highest BCUT2D eigenvalue weighted by Crippen LogP contribution is 2.33. The van der Waals surface area contributed by atoms with Crippen LogP contribution in [-0.4, -0.2) is 11.9 Å². The van der Waals surface area contributed by atoms with Crippen LogP contribution in [0, 0.1) is 12.3 Å². The lowest BCUT2D eigenvalue weighted by Gasteiger charge is -2.26. The largest absolute Gasteiger partial charge is 0.322 e. The molecule has 5 heteroatoms. The van der Waals surface area contributed by atoms with E-state index in [0.717, 1.165) is 5.56 Å². The number of halogens is 2. The summed E-state index contributed by atoms with van der Waals surface area (Å²) >= 11 is 12.1. The predicted octanol–water partition coefficient (Wildman–Crippen LogP) is 3.61. The van der Waals surface area contributed by atoms with Crippen molar-refractivity contribution in [1.29, 1.82) is 0 Å². The van der Waals surface area contributed by atoms with E-state index in [1.165, 1.54) is 0 Å². The fraction of sp³-hybridized carbons (Fsp3) is 0.462. The lowest BCUT2D eigenvalue weighted by atomic mass is 9.87. The van der Waals surface area contributed by atoms with E-state index in [-0.39, 0.29) is 11.3 Å². The molecule has 0 aromatic heterocycles. The Morgan fingerprint density at radius 3 is 2.39 bits per heavy atom. The summed E-state index contributed by atoms with van der Waals surface area (Å²) in [5.41, 5.74) is 6.82. The van der Waals surface area contributed by atoms with Gasteiger partial charge < -0.3 is 11.1 Å². The molecule has 0 bridgehead atoms. The normalized spacial score (nSPS) is 13.3. The summed E-state index contributed by atoms with van der Waals surface area (Å²) in [6, 6.07) is 2.86. The minimum Gasteiger partial charge on any atom is -0.322 e. The van der Waals surface area contributed by atoms with E-state index < -0.39 is 6.04 Å². The molecule has 3 N–H and O–H groups in total. The summed E-state index contributed by atoms with van der Waals surface area (Å²) in [7, 11) is 0. The van der Waals surface area contributed by atoms with Crippen LogP contribution in [0.15, 0.2) is 12.1 Å². The van der Waals surface area contributed by atoms with Gasteiger partial charge in [-0.25, -0.2) is 0 Å². The Morgan fingerprint density at radius 1 is 1.33 bits per heavy atom. The third-order valence-corrected chi connectivity index (χ3v) is 3.55. The van der Waals surface area contributed by atoms with Crippen molar-refractivity contribution in [2.45, 2.75) is 33.7 Å². The third kappa shape index (κ3) is 3.37. The van der Waals surface area contributed by atoms with E-state index in [2.05, 4.69) is 5.32 Å². The van der Waals surface area contributed by atoms with Gasteiger partial charge in [-0.3, -0.25) is 4.79 Å². The topological polar surface area (TPSA) is 55.1 Å². The van der Waals surface area contributed by atoms with Crippen molar-refractivity contribution in [3.8, 4) is 0 Å². The van der Waals surface area contributed by atoms with Crippen molar-refractivity contribution in [3.63, 3.8) is 0 Å². The first kappa shape index (κ1) is 15.3. The van der Waals surface area contributed by atoms with Crippen molar-refractivity contribution in [2.24, 2.45) is 11.1 Å². The van der Waals surface area contributed by atoms with Gasteiger partial charge in [-0.05, 0) is 24.0 Å². The first-order valence-corrected chi connectivity index (χ1v) is 6.41. The number of benzene rings is 1. The van der Waals surface area contributed by atoms with Gasteiger partial charge in [-0.1, -0.05) is 50.0 Å². The molecule has 0 spiro atoms. The van der Waals surface area contributed by atoms with E-state index in [1.54, 1.807) is 12.1 Å². The van der Waals surface area contributed by atoms with Crippen LogP contribution in [-0.2, 0) is 4.79 Å². The van der Waals surface area contributed by atoms with E-state index in [0.29, 0.717) is 15.7 Å². The first-order chi connectivity index (χ1) is 8.14. The van der Waals surface area contributed by atoms with Crippen LogP contribution in [0.2, 0.25) is 10.0 Å². The molecule has 0 unspecified atom stereocenters. The number of nitrogens with one attached hydrogen (secondary N) is 1. The van der Waals surface area contributed by atoms with Crippen LogP contribution in [0.4, 0.5) is 5.69 Å². The number of amides is 1. The van der Waals surface area contributed by atoms with Gasteiger partial charge in [-0.15, -0.1) is 0 Å². The molecule has 1 atom stereocenters. The van der Waals surface area contributed by atoms with Crippen LogP contribution in [0.25, 0.3) is 0 Å². The van der Waals surface area contributed by atoms with Crippen molar-refractivity contribution in [1.82, 2.24) is 0 Å². The average molecular weight is 289 g/mol. The number of carbonyl (C=O) groups is 1. The summed E-state index contributed by atoms with van der Waals surface area (Å²) in [6.07, 6.45) is 0. The van der Waals surface area contributed by atoms with Gasteiger partial charge in [0, 0.05) is 0 Å². The van der Waals surface area contributed by atoms with Crippen molar-refractivity contribution >= 4 is 34.8 Å². The lowest BCUT2D eigenvalue weighted by Crippen LogP contribution is -2.45. The van der Waals surface area contributed by atoms with E-state index in [4.69, 9.17) is 28.9 Å². The third-order valence-electron chi connectivity index (χ3n) is 2.75. The molecule has 0 fully saturated rings. The average Bonchev–Trinajstić information content (AvgIpc) is 2.27. The molecule has 0 aliphatic rings. The Hall–Kier alpha value is -0.770. The Balaban J connectivity index is 2.99. The van der Waals surface area contributed by atoms with Crippen molar-refractivity contribution < 1.29 is 4.79 Å². The zero-order chi connectivity index (χ0) is 14.1. The molecular weight excluding hydrogens is 271 g/mol. The molecule has 1 aromatic carbocycles. The molecule has 0 heterocycles. The van der Waals surface area contributed by atoms with Gasteiger partial charge in [0.15, 0.2) is 0 Å². The molecule has 100 valence electrons. The van der Waals surface area contributed by atoms with Gasteiger partial charge >= 0.3 is 0 Å². The molecular formula is C13H18Cl2N2O. The highest BCUT2D eigenvalue weighted by atomic mass is 35.5. The van der Waals surface area contributed by atoms with Crippen LogP contribution in [0.1, 0.15) is 26.3 Å². The highest BCUT2D eigenvalue weighted by Gasteiger charge is 2.28. The second kappa shape index (κ2) is 5.47. The monoisotopic (exact) mass is 288 g/mol. The summed E-state index contributed by atoms with van der Waals surface area (Å²) in [5.74, 6) is -0.295. The molecule has 1 aromatic rings. The summed E-state index contributed by atoms with van der Waals surface area (Å²) in [6.45, 7) is 7.54. The van der Waals surface area contributed by atoms with Gasteiger partial charge in [0.1, 0.15) is 0 Å². The minimum absolute atomic E-state index is 0.295. The maximum atomic E-state index is 12.0. The molecule has 0 aliphatic carbocycles. The second-order valence-corrected chi connectivity index (χ2v) is 6.17. The van der Waals surface area contributed by atoms with Gasteiger partial charge in [0.05, 0.1) is 21.8 Å². The van der Waals surface area contributed by atoms with E-state index in [1.807, 2.05) is 27.7 Å². The lowest BCUT2D eigenvalue weighted by molar-refractivity contribution is -0.119. The quantitative estimate of drug-likeness (QED) is 0.873. The van der Waals surface area contributed by atoms with Crippen LogP contribution in [0.5, 0.6) is 0 Å². The smallest absolute Gasteiger partial charge is 0.241 e. The number of carbonyl (C=O) groups excluding carboxylic acids is 1. The molecule has 0 aliphatic heterocycles. The molecule has 1 rings (SSSR count). The number of hydrogen-bond donors (Lipinski definition) is 2. The summed E-state index contributed by atoms with van der Waals surface area (Å²) in [5, 5.41) is 3.54. The van der Waals surface area contributed by atoms with Gasteiger partial charge in [0.25, 0.3) is 0 Å². The van der Waals surface area contributed by atoms with Gasteiger partial charge in [-0.2, -0.15) is 0 Å². The summed E-state index contributed by atoms with van der Waals surface area (Å²) in [4.78, 5) is 12.0. The number of hydrogen-bond acceptors (Lipinski definition) is 2. The fourth-order valence-electron chi connectivity index (χ4n) is 1.37. The SMILES string of the molecule is Cc1ccc(Cl)c(NC(=O)[C@@H](N)C(C)(C)C)c1Cl. The zero-order valence-electron chi connectivity index (χ0n) is 11.0. The predicted molar refractivity (Wildman–Crippen MR) is 77.3 cm³/mol. The van der Waals surface area contributed by atoms with Gasteiger partial charge in [0.2, 0.25) is 5.91 Å². The number of anilines is 1. The standard InChI is InChI=1S/C13H18Cl2N2O/c1-7-5-6-8(14)10(9(7)15)17-12(18)11(16)13(2,3)4/h5-6,11H,16H2,1-4H3,(H,17,18)/t11-/m1/s1. The maximum Gasteiger partial charge on any atom is 0.241 e. The first-order valence-electron chi connectivity index (χ1n) is 5.65. The maximum absolute atomic E-state index is 12.0. The number of nitrogens with two attached hydrogens (primary N) is 1. The number of aryl methyl sites for hydroxylation is 1. The molecule has 0 saturated heterocycles. The van der Waals surface area contributed by atoms with Crippen molar-refractivity contribution in [3.05, 3.63) is 27.7 Å². The van der Waals surface area contributed by atoms with E-state index in [9.17, 15) is 4.79 Å². The second-order valence-electron chi connectivity index (χ2n) is 5.39. The Labute approximate surface area is 118 Å². The Kier molecular flexibility index (Phi) is 4.65. The highest BCUT2D eigenvalue weighted by molar-refractivity contribution is 6.40. The van der Waals surface area contributed by atoms with Crippen LogP contribution >= 0.6 is 23.2 Å². The molecule has 0 saturated carbocycles.